The number of rotatable bonds is 3. The van der Waals surface area contributed by atoms with E-state index in [-0.39, 0.29) is 0 Å². The molecule has 0 aliphatic rings. The average molecular weight is 355 g/mol. The molecule has 3 aromatic carbocycles. The van der Waals surface area contributed by atoms with Crippen molar-refractivity contribution in [3.8, 4) is 11.5 Å². The molecule has 0 saturated carbocycles. The summed E-state index contributed by atoms with van der Waals surface area (Å²) in [6, 6.07) is 16.9. The summed E-state index contributed by atoms with van der Waals surface area (Å²) < 4.78 is 6.23. The van der Waals surface area contributed by atoms with Gasteiger partial charge in [0.2, 0.25) is 0 Å². The van der Waals surface area contributed by atoms with E-state index in [9.17, 15) is 0 Å². The van der Waals surface area contributed by atoms with E-state index in [2.05, 4.69) is 73.1 Å². The van der Waals surface area contributed by atoms with E-state index < -0.39 is 0 Å². The zero-order valence-electron chi connectivity index (χ0n) is 13.1. The Labute approximate surface area is 140 Å². The van der Waals surface area contributed by atoms with Crippen LogP contribution in [-0.4, -0.2) is 0 Å². The number of benzene rings is 3. The molecule has 0 N–H and O–H groups in total. The molecular formula is C20H19BrO. The van der Waals surface area contributed by atoms with Crippen LogP contribution in [0.15, 0.2) is 48.5 Å². The smallest absolute Gasteiger partial charge is 0.135 e. The Kier molecular flexibility index (Phi) is 4.21. The predicted molar refractivity (Wildman–Crippen MR) is 97.3 cm³/mol. The highest BCUT2D eigenvalue weighted by molar-refractivity contribution is 9.08. The topological polar surface area (TPSA) is 9.23 Å². The van der Waals surface area contributed by atoms with E-state index in [1.165, 1.54) is 27.6 Å². The van der Waals surface area contributed by atoms with Crippen LogP contribution in [0, 0.1) is 20.8 Å². The van der Waals surface area contributed by atoms with Gasteiger partial charge in [-0.3, -0.25) is 0 Å². The number of hydrogen-bond donors (Lipinski definition) is 0. The summed E-state index contributed by atoms with van der Waals surface area (Å²) in [6.45, 7) is 6.33. The van der Waals surface area contributed by atoms with Crippen LogP contribution in [0.2, 0.25) is 0 Å². The van der Waals surface area contributed by atoms with Crippen molar-refractivity contribution >= 4 is 26.7 Å². The maximum absolute atomic E-state index is 6.23. The number of halogens is 1. The molecule has 0 unspecified atom stereocenters. The molecule has 0 bridgehead atoms. The Morgan fingerprint density at radius 1 is 0.864 bits per heavy atom. The van der Waals surface area contributed by atoms with Gasteiger partial charge in [0, 0.05) is 10.7 Å². The highest BCUT2D eigenvalue weighted by Gasteiger charge is 2.09. The first-order chi connectivity index (χ1) is 10.6. The molecule has 0 spiro atoms. The molecule has 0 saturated heterocycles. The van der Waals surface area contributed by atoms with Crippen LogP contribution in [0.5, 0.6) is 11.5 Å². The second-order valence-corrected chi connectivity index (χ2v) is 6.27. The molecule has 0 amide bonds. The van der Waals surface area contributed by atoms with Gasteiger partial charge in [-0.1, -0.05) is 57.9 Å². The van der Waals surface area contributed by atoms with Gasteiger partial charge in [0.25, 0.3) is 0 Å². The van der Waals surface area contributed by atoms with Crippen molar-refractivity contribution in [3.63, 3.8) is 0 Å². The van der Waals surface area contributed by atoms with E-state index in [0.29, 0.717) is 0 Å². The summed E-state index contributed by atoms with van der Waals surface area (Å²) in [5, 5.41) is 3.25. The van der Waals surface area contributed by atoms with Gasteiger partial charge in [0.05, 0.1) is 0 Å². The van der Waals surface area contributed by atoms with Crippen LogP contribution in [-0.2, 0) is 5.33 Å². The van der Waals surface area contributed by atoms with Gasteiger partial charge in [-0.2, -0.15) is 0 Å². The van der Waals surface area contributed by atoms with Crippen LogP contribution in [0.25, 0.3) is 10.8 Å². The lowest BCUT2D eigenvalue weighted by Gasteiger charge is -2.14. The summed E-state index contributed by atoms with van der Waals surface area (Å²) in [5.41, 5.74) is 4.98. The average Bonchev–Trinajstić information content (AvgIpc) is 2.51. The van der Waals surface area contributed by atoms with Crippen LogP contribution in [0.3, 0.4) is 0 Å². The molecule has 1 nitrogen and oxygen atoms in total. The van der Waals surface area contributed by atoms with Gasteiger partial charge >= 0.3 is 0 Å². The van der Waals surface area contributed by atoms with Crippen molar-refractivity contribution in [3.05, 3.63) is 70.8 Å². The maximum atomic E-state index is 6.23. The molecule has 3 aromatic rings. The van der Waals surface area contributed by atoms with E-state index >= 15 is 0 Å². The molecule has 0 aromatic heterocycles. The third-order valence-corrected chi connectivity index (χ3v) is 4.75. The SMILES string of the molecule is Cc1ccc2c(Oc3cccc(C)c3C)ccc(CBr)c2c1. The van der Waals surface area contributed by atoms with Gasteiger partial charge < -0.3 is 4.74 Å². The van der Waals surface area contributed by atoms with E-state index in [4.69, 9.17) is 4.74 Å². The first-order valence-electron chi connectivity index (χ1n) is 7.42. The van der Waals surface area contributed by atoms with Crippen LogP contribution >= 0.6 is 15.9 Å². The van der Waals surface area contributed by atoms with Crippen LogP contribution < -0.4 is 4.74 Å². The molecule has 0 heterocycles. The minimum Gasteiger partial charge on any atom is -0.456 e. The van der Waals surface area contributed by atoms with Gasteiger partial charge in [-0.15, -0.1) is 0 Å². The Bertz CT molecular complexity index is 836. The Morgan fingerprint density at radius 2 is 1.68 bits per heavy atom. The number of ether oxygens (including phenoxy) is 1. The summed E-state index contributed by atoms with van der Waals surface area (Å²) in [5.74, 6) is 1.84. The fourth-order valence-electron chi connectivity index (χ4n) is 2.65. The number of fused-ring (bicyclic) bond motifs is 1. The predicted octanol–water partition coefficient (Wildman–Crippen LogP) is 6.45. The van der Waals surface area contributed by atoms with Crippen molar-refractivity contribution in [2.75, 3.05) is 0 Å². The molecular weight excluding hydrogens is 336 g/mol. The highest BCUT2D eigenvalue weighted by atomic mass is 79.9. The molecule has 0 aliphatic heterocycles. The van der Waals surface area contributed by atoms with E-state index in [1.54, 1.807) is 0 Å². The number of alkyl halides is 1. The first-order valence-corrected chi connectivity index (χ1v) is 8.54. The molecule has 22 heavy (non-hydrogen) atoms. The first kappa shape index (κ1) is 15.1. The van der Waals surface area contributed by atoms with Crippen LogP contribution in [0.1, 0.15) is 22.3 Å². The molecule has 0 atom stereocenters. The minimum absolute atomic E-state index is 0.844. The van der Waals surface area contributed by atoms with E-state index in [0.717, 1.165) is 22.2 Å². The fraction of sp³-hybridized carbons (Fsp3) is 0.200. The summed E-state index contributed by atoms with van der Waals surface area (Å²) in [7, 11) is 0. The molecule has 112 valence electrons. The molecule has 0 aliphatic carbocycles. The van der Waals surface area contributed by atoms with Gasteiger partial charge in [0.15, 0.2) is 0 Å². The Hall–Kier alpha value is -1.80. The summed E-state index contributed by atoms with van der Waals surface area (Å²) in [6.07, 6.45) is 0. The Balaban J connectivity index is 2.14. The zero-order valence-corrected chi connectivity index (χ0v) is 14.7. The van der Waals surface area contributed by atoms with Crippen molar-refractivity contribution in [1.29, 1.82) is 0 Å². The summed E-state index contributed by atoms with van der Waals surface area (Å²) >= 11 is 3.57. The summed E-state index contributed by atoms with van der Waals surface area (Å²) in [4.78, 5) is 0. The van der Waals surface area contributed by atoms with Crippen molar-refractivity contribution < 1.29 is 4.74 Å². The third kappa shape index (κ3) is 2.76. The fourth-order valence-corrected chi connectivity index (χ4v) is 3.14. The second kappa shape index (κ2) is 6.13. The second-order valence-electron chi connectivity index (χ2n) is 5.71. The third-order valence-electron chi connectivity index (χ3n) is 4.14. The van der Waals surface area contributed by atoms with Gasteiger partial charge in [-0.05, 0) is 55.0 Å². The lowest BCUT2D eigenvalue weighted by atomic mass is 10.0. The normalized spacial score (nSPS) is 10.9. The van der Waals surface area contributed by atoms with Crippen molar-refractivity contribution in [1.82, 2.24) is 0 Å². The van der Waals surface area contributed by atoms with Crippen molar-refractivity contribution in [2.45, 2.75) is 26.1 Å². The largest absolute Gasteiger partial charge is 0.456 e. The molecule has 2 heteroatoms. The van der Waals surface area contributed by atoms with Gasteiger partial charge in [0.1, 0.15) is 11.5 Å². The highest BCUT2D eigenvalue weighted by Crippen LogP contribution is 2.35. The van der Waals surface area contributed by atoms with E-state index in [1.807, 2.05) is 12.1 Å². The molecule has 0 fully saturated rings. The monoisotopic (exact) mass is 354 g/mol. The molecule has 3 rings (SSSR count). The lowest BCUT2D eigenvalue weighted by molar-refractivity contribution is 0.484. The van der Waals surface area contributed by atoms with Crippen LogP contribution in [0.4, 0.5) is 0 Å². The molecule has 0 radical (unpaired) electrons. The number of hydrogen-bond acceptors (Lipinski definition) is 1. The van der Waals surface area contributed by atoms with Crippen molar-refractivity contribution in [2.24, 2.45) is 0 Å². The zero-order chi connectivity index (χ0) is 15.7. The standard InChI is InChI=1S/C20H19BrO/c1-13-7-9-17-18(11-13)16(12-21)8-10-20(17)22-19-6-4-5-14(2)15(19)3/h4-11H,12H2,1-3H3. The minimum atomic E-state index is 0.844. The Morgan fingerprint density at radius 3 is 2.45 bits per heavy atom. The quantitative estimate of drug-likeness (QED) is 0.491. The van der Waals surface area contributed by atoms with Gasteiger partial charge in [-0.25, -0.2) is 0 Å². The number of aryl methyl sites for hydroxylation is 2. The lowest BCUT2D eigenvalue weighted by Crippen LogP contribution is -1.92. The maximum Gasteiger partial charge on any atom is 0.135 e.